The predicted molar refractivity (Wildman–Crippen MR) is 76.6 cm³/mol. The molecule has 20 heavy (non-hydrogen) atoms. The van der Waals surface area contributed by atoms with E-state index in [0.29, 0.717) is 0 Å². The highest BCUT2D eigenvalue weighted by Gasteiger charge is 2.14. The second-order valence-electron chi connectivity index (χ2n) is 4.26. The second kappa shape index (κ2) is 7.93. The van der Waals surface area contributed by atoms with Crippen LogP contribution >= 0.6 is 0 Å². The molecule has 0 aliphatic rings. The van der Waals surface area contributed by atoms with Crippen LogP contribution in [0.15, 0.2) is 29.4 Å². The molecule has 1 rings (SSSR count). The first-order valence-corrected chi connectivity index (χ1v) is 6.34. The quantitative estimate of drug-likeness (QED) is 0.480. The Morgan fingerprint density at radius 3 is 2.50 bits per heavy atom. The van der Waals surface area contributed by atoms with Crippen molar-refractivity contribution in [3.63, 3.8) is 0 Å². The van der Waals surface area contributed by atoms with Gasteiger partial charge in [0.25, 0.3) is 0 Å². The largest absolute Gasteiger partial charge is 0.497 e. The molecule has 1 atom stereocenters. The number of carbonyl (C=O) groups is 2. The third kappa shape index (κ3) is 5.09. The molecule has 6 nitrogen and oxygen atoms in total. The Balaban J connectivity index is 2.46. The van der Waals surface area contributed by atoms with Gasteiger partial charge in [0.05, 0.1) is 13.3 Å². The Labute approximate surface area is 118 Å². The van der Waals surface area contributed by atoms with Gasteiger partial charge in [-0.25, -0.2) is 5.43 Å². The van der Waals surface area contributed by atoms with Crippen molar-refractivity contribution in [2.75, 3.05) is 7.11 Å². The summed E-state index contributed by atoms with van der Waals surface area (Å²) in [5, 5.41) is 6.28. The van der Waals surface area contributed by atoms with Gasteiger partial charge in [-0.1, -0.05) is 6.92 Å². The second-order valence-corrected chi connectivity index (χ2v) is 4.26. The minimum Gasteiger partial charge on any atom is -0.497 e. The molecule has 0 aromatic heterocycles. The first kappa shape index (κ1) is 15.7. The van der Waals surface area contributed by atoms with Crippen LogP contribution in [0.4, 0.5) is 0 Å². The van der Waals surface area contributed by atoms with E-state index in [1.165, 1.54) is 6.21 Å². The van der Waals surface area contributed by atoms with Gasteiger partial charge in [0.2, 0.25) is 0 Å². The van der Waals surface area contributed by atoms with E-state index < -0.39 is 11.8 Å². The summed E-state index contributed by atoms with van der Waals surface area (Å²) in [5.74, 6) is -0.736. The maximum Gasteiger partial charge on any atom is 0.329 e. The molecule has 0 bridgehead atoms. The van der Waals surface area contributed by atoms with Crippen LogP contribution in [0, 0.1) is 0 Å². The van der Waals surface area contributed by atoms with Crippen molar-refractivity contribution >= 4 is 18.0 Å². The highest BCUT2D eigenvalue weighted by molar-refractivity contribution is 6.35. The number of hydrogen-bond acceptors (Lipinski definition) is 4. The van der Waals surface area contributed by atoms with Crippen LogP contribution in [0.3, 0.4) is 0 Å². The van der Waals surface area contributed by atoms with E-state index in [1.807, 2.05) is 13.8 Å². The molecular formula is C14H19N3O3. The Kier molecular flexibility index (Phi) is 6.22. The van der Waals surface area contributed by atoms with Gasteiger partial charge in [0.15, 0.2) is 0 Å². The number of nitrogens with one attached hydrogen (secondary N) is 2. The van der Waals surface area contributed by atoms with Crippen molar-refractivity contribution in [1.29, 1.82) is 0 Å². The Morgan fingerprint density at radius 1 is 1.30 bits per heavy atom. The van der Waals surface area contributed by atoms with Gasteiger partial charge in [0, 0.05) is 6.04 Å². The Morgan fingerprint density at radius 2 is 1.95 bits per heavy atom. The van der Waals surface area contributed by atoms with E-state index in [2.05, 4.69) is 15.8 Å². The average molecular weight is 277 g/mol. The van der Waals surface area contributed by atoms with Gasteiger partial charge >= 0.3 is 11.8 Å². The average Bonchev–Trinajstić information content (AvgIpc) is 2.47. The highest BCUT2D eigenvalue weighted by Crippen LogP contribution is 2.09. The minimum absolute atomic E-state index is 0.0428. The maximum atomic E-state index is 11.4. The molecule has 0 aliphatic heterocycles. The maximum absolute atomic E-state index is 11.4. The normalized spacial score (nSPS) is 11.9. The van der Waals surface area contributed by atoms with Crippen LogP contribution in [-0.2, 0) is 9.59 Å². The molecule has 0 saturated heterocycles. The molecule has 2 amide bonds. The standard InChI is InChI=1S/C14H19N3O3/c1-4-10(2)16-13(18)14(19)17-15-9-11-5-7-12(20-3)8-6-11/h5-10H,4H2,1-3H3,(H,16,18)(H,17,19)/b15-9-/t10-/m0/s1. The smallest absolute Gasteiger partial charge is 0.329 e. The topological polar surface area (TPSA) is 79.8 Å². The molecule has 2 N–H and O–H groups in total. The fraction of sp³-hybridized carbons (Fsp3) is 0.357. The fourth-order valence-electron chi connectivity index (χ4n) is 1.30. The lowest BCUT2D eigenvalue weighted by atomic mass is 10.2. The van der Waals surface area contributed by atoms with Crippen LogP contribution in [0.5, 0.6) is 5.75 Å². The SMILES string of the molecule is CC[C@H](C)NC(=O)C(=O)N/N=C\c1ccc(OC)cc1. The zero-order chi connectivity index (χ0) is 15.0. The summed E-state index contributed by atoms with van der Waals surface area (Å²) in [4.78, 5) is 22.9. The van der Waals surface area contributed by atoms with Gasteiger partial charge < -0.3 is 10.1 Å². The number of nitrogens with zero attached hydrogens (tertiary/aromatic N) is 1. The lowest BCUT2D eigenvalue weighted by molar-refractivity contribution is -0.139. The van der Waals surface area contributed by atoms with Crippen LogP contribution in [0.1, 0.15) is 25.8 Å². The number of amides is 2. The zero-order valence-corrected chi connectivity index (χ0v) is 11.8. The molecule has 0 fully saturated rings. The van der Waals surface area contributed by atoms with Crippen molar-refractivity contribution in [1.82, 2.24) is 10.7 Å². The number of carbonyl (C=O) groups excluding carboxylic acids is 2. The first-order chi connectivity index (χ1) is 9.56. The molecule has 1 aromatic carbocycles. The van der Waals surface area contributed by atoms with Crippen LogP contribution in [0.25, 0.3) is 0 Å². The van der Waals surface area contributed by atoms with Crippen molar-refractivity contribution in [2.24, 2.45) is 5.10 Å². The molecule has 0 radical (unpaired) electrons. The van der Waals surface area contributed by atoms with Crippen molar-refractivity contribution < 1.29 is 14.3 Å². The molecule has 0 unspecified atom stereocenters. The van der Waals surface area contributed by atoms with Crippen LogP contribution < -0.4 is 15.5 Å². The third-order valence-electron chi connectivity index (χ3n) is 2.69. The summed E-state index contributed by atoms with van der Waals surface area (Å²) in [6.45, 7) is 3.75. The van der Waals surface area contributed by atoms with Crippen molar-refractivity contribution in [3.05, 3.63) is 29.8 Å². The summed E-state index contributed by atoms with van der Waals surface area (Å²) in [6.07, 6.45) is 2.21. The van der Waals surface area contributed by atoms with E-state index in [4.69, 9.17) is 4.74 Å². The predicted octanol–water partition coefficient (Wildman–Crippen LogP) is 1.06. The van der Waals surface area contributed by atoms with Gasteiger partial charge in [-0.15, -0.1) is 0 Å². The van der Waals surface area contributed by atoms with Crippen molar-refractivity contribution in [2.45, 2.75) is 26.3 Å². The monoisotopic (exact) mass is 277 g/mol. The number of ether oxygens (including phenoxy) is 1. The van der Waals surface area contributed by atoms with E-state index in [9.17, 15) is 9.59 Å². The number of hydrogen-bond donors (Lipinski definition) is 2. The molecular weight excluding hydrogens is 258 g/mol. The summed E-state index contributed by atoms with van der Waals surface area (Å²) < 4.78 is 5.02. The zero-order valence-electron chi connectivity index (χ0n) is 11.8. The molecule has 0 spiro atoms. The van der Waals surface area contributed by atoms with Crippen molar-refractivity contribution in [3.8, 4) is 5.75 Å². The number of benzene rings is 1. The fourth-order valence-corrected chi connectivity index (χ4v) is 1.30. The minimum atomic E-state index is -0.782. The molecule has 0 aliphatic carbocycles. The molecule has 108 valence electrons. The molecule has 0 heterocycles. The first-order valence-electron chi connectivity index (χ1n) is 6.34. The summed E-state index contributed by atoms with van der Waals surface area (Å²) >= 11 is 0. The molecule has 0 saturated carbocycles. The van der Waals surface area contributed by atoms with Gasteiger partial charge in [-0.3, -0.25) is 9.59 Å². The van der Waals surface area contributed by atoms with Gasteiger partial charge in [-0.05, 0) is 43.2 Å². The Bertz CT molecular complexity index is 483. The lowest BCUT2D eigenvalue weighted by Gasteiger charge is -2.09. The van der Waals surface area contributed by atoms with Gasteiger partial charge in [0.1, 0.15) is 5.75 Å². The van der Waals surface area contributed by atoms with Crippen LogP contribution in [0.2, 0.25) is 0 Å². The summed E-state index contributed by atoms with van der Waals surface area (Å²) in [6, 6.07) is 7.08. The highest BCUT2D eigenvalue weighted by atomic mass is 16.5. The summed E-state index contributed by atoms with van der Waals surface area (Å²) in [7, 11) is 1.58. The van der Waals surface area contributed by atoms with E-state index >= 15 is 0 Å². The van der Waals surface area contributed by atoms with Gasteiger partial charge in [-0.2, -0.15) is 5.10 Å². The van der Waals surface area contributed by atoms with E-state index in [0.717, 1.165) is 17.7 Å². The molecule has 6 heteroatoms. The Hall–Kier alpha value is -2.37. The number of hydrazone groups is 1. The molecule has 1 aromatic rings. The third-order valence-corrected chi connectivity index (χ3v) is 2.69. The number of methoxy groups -OCH3 is 1. The number of rotatable bonds is 5. The summed E-state index contributed by atoms with van der Waals surface area (Å²) in [5.41, 5.74) is 2.96. The van der Waals surface area contributed by atoms with Crippen LogP contribution in [-0.4, -0.2) is 31.2 Å². The lowest BCUT2D eigenvalue weighted by Crippen LogP contribution is -2.41. The van der Waals surface area contributed by atoms with E-state index in [1.54, 1.807) is 31.4 Å². The van der Waals surface area contributed by atoms with E-state index in [-0.39, 0.29) is 6.04 Å².